The molecule has 2 atom stereocenters. The molecule has 74 valence electrons. The Morgan fingerprint density at radius 1 is 1.36 bits per heavy atom. The van der Waals surface area contributed by atoms with Crippen molar-refractivity contribution in [1.29, 1.82) is 0 Å². The fourth-order valence-electron chi connectivity index (χ4n) is 1.87. The lowest BCUT2D eigenvalue weighted by Gasteiger charge is -2.15. The maximum absolute atomic E-state index is 11.2. The summed E-state index contributed by atoms with van der Waals surface area (Å²) in [6.07, 6.45) is 0.618. The Balaban J connectivity index is 2.23. The molecule has 1 aromatic carbocycles. The lowest BCUT2D eigenvalue weighted by Crippen LogP contribution is -2.19. The summed E-state index contributed by atoms with van der Waals surface area (Å²) in [5.41, 5.74) is 1.13. The van der Waals surface area contributed by atoms with Gasteiger partial charge in [0, 0.05) is 11.4 Å². The minimum absolute atomic E-state index is 0.137. The van der Waals surface area contributed by atoms with Gasteiger partial charge in [-0.25, -0.2) is 0 Å². The number of hydrogen-bond donors (Lipinski definition) is 1. The molecule has 0 bridgehead atoms. The summed E-state index contributed by atoms with van der Waals surface area (Å²) in [4.78, 5) is 11.2. The molecule has 3 heteroatoms. The maximum atomic E-state index is 11.2. The van der Waals surface area contributed by atoms with Crippen molar-refractivity contribution >= 4 is 17.5 Å². The number of halogens is 1. The molecule has 0 aliphatic carbocycles. The first-order valence-corrected chi connectivity index (χ1v) is 5.09. The second-order valence-corrected chi connectivity index (χ2v) is 4.21. The highest BCUT2D eigenvalue weighted by atomic mass is 35.5. The molecule has 0 spiro atoms. The van der Waals surface area contributed by atoms with Crippen molar-refractivity contribution in [2.75, 3.05) is 0 Å². The van der Waals surface area contributed by atoms with Gasteiger partial charge in [-0.1, -0.05) is 30.7 Å². The average molecular weight is 210 g/mol. The van der Waals surface area contributed by atoms with E-state index in [0.717, 1.165) is 10.6 Å². The third kappa shape index (κ3) is 1.75. The molecule has 1 saturated heterocycles. The Kier molecular flexibility index (Phi) is 2.46. The number of carbonyl (C=O) groups is 1. The molecule has 1 aliphatic heterocycles. The van der Waals surface area contributed by atoms with E-state index in [1.54, 1.807) is 0 Å². The molecule has 1 fully saturated rings. The summed E-state index contributed by atoms with van der Waals surface area (Å²) >= 11 is 5.80. The molecule has 2 nitrogen and oxygen atoms in total. The first-order chi connectivity index (χ1) is 6.66. The van der Waals surface area contributed by atoms with Gasteiger partial charge in [-0.05, 0) is 23.6 Å². The summed E-state index contributed by atoms with van der Waals surface area (Å²) in [6, 6.07) is 7.80. The van der Waals surface area contributed by atoms with Gasteiger partial charge < -0.3 is 5.32 Å². The fourth-order valence-corrected chi connectivity index (χ4v) is 1.99. The number of hydrogen-bond acceptors (Lipinski definition) is 1. The topological polar surface area (TPSA) is 29.1 Å². The molecule has 0 radical (unpaired) electrons. The van der Waals surface area contributed by atoms with Gasteiger partial charge in [0.15, 0.2) is 0 Å². The van der Waals surface area contributed by atoms with Crippen molar-refractivity contribution in [3.63, 3.8) is 0 Å². The van der Waals surface area contributed by atoms with Crippen molar-refractivity contribution in [2.24, 2.45) is 5.92 Å². The van der Waals surface area contributed by atoms with Gasteiger partial charge in [-0.2, -0.15) is 0 Å². The van der Waals surface area contributed by atoms with Crippen molar-refractivity contribution in [1.82, 2.24) is 5.32 Å². The number of rotatable bonds is 1. The predicted molar refractivity (Wildman–Crippen MR) is 56.1 cm³/mol. The zero-order valence-corrected chi connectivity index (χ0v) is 8.71. The smallest absolute Gasteiger partial charge is 0.220 e. The zero-order chi connectivity index (χ0) is 10.1. The molecule has 1 amide bonds. The van der Waals surface area contributed by atoms with Gasteiger partial charge in [0.1, 0.15) is 0 Å². The highest BCUT2D eigenvalue weighted by molar-refractivity contribution is 6.30. The summed E-state index contributed by atoms with van der Waals surface area (Å²) in [7, 11) is 0. The van der Waals surface area contributed by atoms with Gasteiger partial charge in [-0.3, -0.25) is 4.79 Å². The van der Waals surface area contributed by atoms with E-state index in [1.165, 1.54) is 0 Å². The summed E-state index contributed by atoms with van der Waals surface area (Å²) in [5.74, 6) is 0.501. The molecule has 1 aromatic rings. The van der Waals surface area contributed by atoms with Crippen LogP contribution in [0.5, 0.6) is 0 Å². The molecule has 2 rings (SSSR count). The Morgan fingerprint density at radius 2 is 2.00 bits per heavy atom. The Bertz CT molecular complexity index is 347. The van der Waals surface area contributed by atoms with E-state index in [1.807, 2.05) is 24.3 Å². The largest absolute Gasteiger partial charge is 0.349 e. The second-order valence-electron chi connectivity index (χ2n) is 3.78. The van der Waals surface area contributed by atoms with Crippen LogP contribution >= 0.6 is 11.6 Å². The van der Waals surface area contributed by atoms with Crippen molar-refractivity contribution in [3.8, 4) is 0 Å². The minimum Gasteiger partial charge on any atom is -0.349 e. The highest BCUT2D eigenvalue weighted by Gasteiger charge is 2.29. The Labute approximate surface area is 88.3 Å². The van der Waals surface area contributed by atoms with Gasteiger partial charge in [-0.15, -0.1) is 0 Å². The van der Waals surface area contributed by atoms with E-state index < -0.39 is 0 Å². The fraction of sp³-hybridized carbons (Fsp3) is 0.364. The van der Waals surface area contributed by atoms with Crippen LogP contribution in [0.4, 0.5) is 0 Å². The van der Waals surface area contributed by atoms with E-state index in [2.05, 4.69) is 12.2 Å². The van der Waals surface area contributed by atoms with Crippen molar-refractivity contribution in [2.45, 2.75) is 19.4 Å². The minimum atomic E-state index is 0.137. The molecule has 2 unspecified atom stereocenters. The average Bonchev–Trinajstić information content (AvgIpc) is 2.47. The highest BCUT2D eigenvalue weighted by Crippen LogP contribution is 2.30. The van der Waals surface area contributed by atoms with Crippen LogP contribution in [-0.2, 0) is 4.79 Å². The van der Waals surface area contributed by atoms with E-state index in [4.69, 9.17) is 11.6 Å². The molecule has 1 N–H and O–H groups in total. The van der Waals surface area contributed by atoms with Crippen molar-refractivity contribution in [3.05, 3.63) is 34.9 Å². The van der Waals surface area contributed by atoms with Crippen LogP contribution in [0.25, 0.3) is 0 Å². The zero-order valence-electron chi connectivity index (χ0n) is 7.96. The number of benzene rings is 1. The molecule has 1 heterocycles. The summed E-state index contributed by atoms with van der Waals surface area (Å²) < 4.78 is 0. The summed E-state index contributed by atoms with van der Waals surface area (Å²) in [6.45, 7) is 2.08. The quantitative estimate of drug-likeness (QED) is 0.757. The molecular weight excluding hydrogens is 198 g/mol. The third-order valence-corrected chi connectivity index (χ3v) is 2.87. The van der Waals surface area contributed by atoms with Crippen LogP contribution in [-0.4, -0.2) is 5.91 Å². The SMILES string of the molecule is CC1CC(=O)NC1c1ccc(Cl)cc1. The van der Waals surface area contributed by atoms with Crippen molar-refractivity contribution < 1.29 is 4.79 Å². The van der Waals surface area contributed by atoms with Gasteiger partial charge >= 0.3 is 0 Å². The first kappa shape index (κ1) is 9.53. The van der Waals surface area contributed by atoms with Gasteiger partial charge in [0.05, 0.1) is 6.04 Å². The van der Waals surface area contributed by atoms with Crippen LogP contribution in [0.1, 0.15) is 24.9 Å². The first-order valence-electron chi connectivity index (χ1n) is 4.71. The number of carbonyl (C=O) groups excluding carboxylic acids is 1. The van der Waals surface area contributed by atoms with Crippen LogP contribution in [0.15, 0.2) is 24.3 Å². The number of nitrogens with one attached hydrogen (secondary N) is 1. The summed E-state index contributed by atoms with van der Waals surface area (Å²) in [5, 5.41) is 3.68. The molecule has 14 heavy (non-hydrogen) atoms. The number of amides is 1. The monoisotopic (exact) mass is 209 g/mol. The second kappa shape index (κ2) is 3.62. The molecule has 0 aromatic heterocycles. The predicted octanol–water partition coefficient (Wildman–Crippen LogP) is 2.54. The maximum Gasteiger partial charge on any atom is 0.220 e. The molecule has 0 saturated carbocycles. The van der Waals surface area contributed by atoms with E-state index >= 15 is 0 Å². The van der Waals surface area contributed by atoms with Crippen LogP contribution in [0.2, 0.25) is 5.02 Å². The lowest BCUT2D eigenvalue weighted by molar-refractivity contribution is -0.119. The van der Waals surface area contributed by atoms with E-state index in [0.29, 0.717) is 12.3 Å². The molecular formula is C11H12ClNO. The standard InChI is InChI=1S/C11H12ClNO/c1-7-6-10(14)13-11(7)8-2-4-9(12)5-3-8/h2-5,7,11H,6H2,1H3,(H,13,14). The van der Waals surface area contributed by atoms with Crippen LogP contribution in [0, 0.1) is 5.92 Å². The third-order valence-electron chi connectivity index (χ3n) is 2.62. The Morgan fingerprint density at radius 3 is 2.50 bits per heavy atom. The van der Waals surface area contributed by atoms with Gasteiger partial charge in [0.25, 0.3) is 0 Å². The molecule has 1 aliphatic rings. The van der Waals surface area contributed by atoms with E-state index in [9.17, 15) is 4.79 Å². The Hall–Kier alpha value is -1.02. The van der Waals surface area contributed by atoms with Crippen LogP contribution in [0.3, 0.4) is 0 Å². The normalized spacial score (nSPS) is 26.3. The lowest BCUT2D eigenvalue weighted by atomic mass is 9.96. The van der Waals surface area contributed by atoms with E-state index in [-0.39, 0.29) is 11.9 Å². The van der Waals surface area contributed by atoms with Gasteiger partial charge in [0.2, 0.25) is 5.91 Å². The van der Waals surface area contributed by atoms with Crippen LogP contribution < -0.4 is 5.32 Å².